The maximum atomic E-state index is 13.1. The molecule has 8 heteroatoms. The Morgan fingerprint density at radius 1 is 1.00 bits per heavy atom. The molecule has 3 aromatic rings. The summed E-state index contributed by atoms with van der Waals surface area (Å²) in [4.78, 5) is 12.7. The molecule has 2 unspecified atom stereocenters. The third-order valence-corrected chi connectivity index (χ3v) is 6.36. The van der Waals surface area contributed by atoms with Crippen molar-refractivity contribution >= 4 is 23.4 Å². The van der Waals surface area contributed by atoms with E-state index in [-0.39, 0.29) is 17.8 Å². The van der Waals surface area contributed by atoms with E-state index >= 15 is 0 Å². The number of carbonyl (C=O) groups excluding carboxylic acids is 1. The minimum atomic E-state index is -0.423. The predicted molar refractivity (Wildman–Crippen MR) is 135 cm³/mol. The Labute approximate surface area is 205 Å². The second kappa shape index (κ2) is 11.5. The number of carbonyl (C=O) groups is 1. The van der Waals surface area contributed by atoms with Gasteiger partial charge in [-0.3, -0.25) is 4.79 Å². The SMILES string of the molecule is CC(C)Cn1c(SC(C)C(=O)Nc2ccc(F)cc2)nnc1C(C)Oc1ccc(C(C)C)cc1. The van der Waals surface area contributed by atoms with Crippen molar-refractivity contribution in [3.05, 3.63) is 65.7 Å². The first kappa shape index (κ1) is 25.7. The van der Waals surface area contributed by atoms with Gasteiger partial charge in [-0.1, -0.05) is 51.6 Å². The lowest BCUT2D eigenvalue weighted by molar-refractivity contribution is -0.115. The number of hydrogen-bond donors (Lipinski definition) is 1. The zero-order valence-electron chi connectivity index (χ0n) is 20.6. The van der Waals surface area contributed by atoms with Crippen LogP contribution in [0.5, 0.6) is 5.75 Å². The average Bonchev–Trinajstić information content (AvgIpc) is 3.17. The summed E-state index contributed by atoms with van der Waals surface area (Å²) in [5, 5.41) is 11.8. The van der Waals surface area contributed by atoms with Gasteiger partial charge in [0.1, 0.15) is 11.6 Å². The summed E-state index contributed by atoms with van der Waals surface area (Å²) in [5.41, 5.74) is 1.81. The largest absolute Gasteiger partial charge is 0.483 e. The van der Waals surface area contributed by atoms with E-state index in [1.807, 2.05) is 30.5 Å². The topological polar surface area (TPSA) is 69.0 Å². The lowest BCUT2D eigenvalue weighted by Gasteiger charge is -2.19. The number of nitrogens with zero attached hydrogens (tertiary/aromatic N) is 3. The fraction of sp³-hybridized carbons (Fsp3) is 0.423. The summed E-state index contributed by atoms with van der Waals surface area (Å²) >= 11 is 1.34. The van der Waals surface area contributed by atoms with Crippen molar-refractivity contribution in [3.8, 4) is 5.75 Å². The van der Waals surface area contributed by atoms with E-state index in [2.05, 4.69) is 55.3 Å². The molecule has 0 aliphatic rings. The van der Waals surface area contributed by atoms with E-state index in [0.29, 0.717) is 29.2 Å². The Bertz CT molecular complexity index is 1080. The first-order chi connectivity index (χ1) is 16.1. The number of ether oxygens (including phenoxy) is 1. The summed E-state index contributed by atoms with van der Waals surface area (Å²) in [5.74, 6) is 1.78. The number of anilines is 1. The fourth-order valence-corrected chi connectivity index (χ4v) is 4.27. The number of nitrogens with one attached hydrogen (secondary N) is 1. The van der Waals surface area contributed by atoms with Crippen LogP contribution in [-0.2, 0) is 11.3 Å². The number of amides is 1. The highest BCUT2D eigenvalue weighted by Gasteiger charge is 2.24. The molecule has 1 amide bonds. The molecular formula is C26H33FN4O2S. The van der Waals surface area contributed by atoms with Gasteiger partial charge < -0.3 is 14.6 Å². The summed E-state index contributed by atoms with van der Waals surface area (Å²) in [6.07, 6.45) is -0.311. The number of benzene rings is 2. The Morgan fingerprint density at radius 2 is 1.65 bits per heavy atom. The summed E-state index contributed by atoms with van der Waals surface area (Å²) in [6.45, 7) is 13.0. The number of rotatable bonds is 10. The monoisotopic (exact) mass is 484 g/mol. The highest BCUT2D eigenvalue weighted by molar-refractivity contribution is 8.00. The van der Waals surface area contributed by atoms with Crippen molar-refractivity contribution < 1.29 is 13.9 Å². The Balaban J connectivity index is 1.73. The maximum absolute atomic E-state index is 13.1. The molecule has 182 valence electrons. The van der Waals surface area contributed by atoms with Crippen LogP contribution in [0.4, 0.5) is 10.1 Å². The van der Waals surface area contributed by atoms with Gasteiger partial charge in [-0.25, -0.2) is 4.39 Å². The van der Waals surface area contributed by atoms with Crippen LogP contribution in [-0.4, -0.2) is 25.9 Å². The first-order valence-corrected chi connectivity index (χ1v) is 12.4. The molecule has 1 N–H and O–H groups in total. The van der Waals surface area contributed by atoms with E-state index < -0.39 is 5.25 Å². The van der Waals surface area contributed by atoms with Gasteiger partial charge in [0.05, 0.1) is 5.25 Å². The quantitative estimate of drug-likeness (QED) is 0.335. The molecule has 6 nitrogen and oxygen atoms in total. The standard InChI is InChI=1S/C26H33FN4O2S/c1-16(2)15-31-24(18(5)33-23-13-7-20(8-14-23)17(3)4)29-30-26(31)34-19(6)25(32)28-22-11-9-21(27)10-12-22/h7-14,16-19H,15H2,1-6H3,(H,28,32). The lowest BCUT2D eigenvalue weighted by atomic mass is 10.0. The van der Waals surface area contributed by atoms with Crippen molar-refractivity contribution in [2.45, 2.75) is 70.5 Å². The van der Waals surface area contributed by atoms with E-state index in [4.69, 9.17) is 4.74 Å². The van der Waals surface area contributed by atoms with Gasteiger partial charge in [0, 0.05) is 12.2 Å². The van der Waals surface area contributed by atoms with Crippen molar-refractivity contribution in [2.24, 2.45) is 5.92 Å². The zero-order chi connectivity index (χ0) is 24.8. The normalized spacial score (nSPS) is 13.2. The maximum Gasteiger partial charge on any atom is 0.237 e. The predicted octanol–water partition coefficient (Wildman–Crippen LogP) is 6.46. The smallest absolute Gasteiger partial charge is 0.237 e. The summed E-state index contributed by atoms with van der Waals surface area (Å²) in [6, 6.07) is 13.8. The van der Waals surface area contributed by atoms with Crippen molar-refractivity contribution in [1.29, 1.82) is 0 Å². The molecule has 1 aromatic heterocycles. The van der Waals surface area contributed by atoms with Crippen LogP contribution < -0.4 is 10.1 Å². The molecule has 0 aliphatic heterocycles. The van der Waals surface area contributed by atoms with Gasteiger partial charge in [-0.05, 0) is 67.6 Å². The molecular weight excluding hydrogens is 451 g/mol. The third-order valence-electron chi connectivity index (χ3n) is 5.28. The molecule has 0 spiro atoms. The van der Waals surface area contributed by atoms with Crippen LogP contribution in [0.2, 0.25) is 0 Å². The van der Waals surface area contributed by atoms with E-state index in [1.165, 1.54) is 41.6 Å². The van der Waals surface area contributed by atoms with Crippen LogP contribution in [0.3, 0.4) is 0 Å². The van der Waals surface area contributed by atoms with Gasteiger partial charge in [0.2, 0.25) is 5.91 Å². The first-order valence-electron chi connectivity index (χ1n) is 11.6. The second-order valence-electron chi connectivity index (χ2n) is 9.09. The van der Waals surface area contributed by atoms with Crippen molar-refractivity contribution in [1.82, 2.24) is 14.8 Å². The Morgan fingerprint density at radius 3 is 2.24 bits per heavy atom. The molecule has 2 aromatic carbocycles. The van der Waals surface area contributed by atoms with Gasteiger partial charge in [0.25, 0.3) is 0 Å². The number of hydrogen-bond acceptors (Lipinski definition) is 5. The van der Waals surface area contributed by atoms with Crippen LogP contribution in [0.25, 0.3) is 0 Å². The van der Waals surface area contributed by atoms with Gasteiger partial charge in [-0.2, -0.15) is 0 Å². The van der Waals surface area contributed by atoms with Crippen LogP contribution in [0.1, 0.15) is 65.0 Å². The number of aromatic nitrogens is 3. The average molecular weight is 485 g/mol. The summed E-state index contributed by atoms with van der Waals surface area (Å²) < 4.78 is 21.3. The van der Waals surface area contributed by atoms with Gasteiger partial charge in [-0.15, -0.1) is 10.2 Å². The number of thioether (sulfide) groups is 1. The molecule has 2 atom stereocenters. The number of halogens is 1. The molecule has 0 radical (unpaired) electrons. The minimum absolute atomic E-state index is 0.188. The molecule has 0 fully saturated rings. The van der Waals surface area contributed by atoms with Gasteiger partial charge in [0.15, 0.2) is 17.1 Å². The lowest BCUT2D eigenvalue weighted by Crippen LogP contribution is -2.23. The van der Waals surface area contributed by atoms with E-state index in [0.717, 1.165) is 11.6 Å². The molecule has 0 bridgehead atoms. The minimum Gasteiger partial charge on any atom is -0.483 e. The van der Waals surface area contributed by atoms with Crippen molar-refractivity contribution in [2.75, 3.05) is 5.32 Å². The molecule has 0 saturated carbocycles. The Hall–Kier alpha value is -2.87. The van der Waals surface area contributed by atoms with Crippen LogP contribution >= 0.6 is 11.8 Å². The van der Waals surface area contributed by atoms with E-state index in [9.17, 15) is 9.18 Å². The molecule has 1 heterocycles. The van der Waals surface area contributed by atoms with Crippen molar-refractivity contribution in [3.63, 3.8) is 0 Å². The van der Waals surface area contributed by atoms with E-state index in [1.54, 1.807) is 0 Å². The molecule has 0 aliphatic carbocycles. The Kier molecular flexibility index (Phi) is 8.72. The van der Waals surface area contributed by atoms with Gasteiger partial charge >= 0.3 is 0 Å². The zero-order valence-corrected chi connectivity index (χ0v) is 21.4. The molecule has 34 heavy (non-hydrogen) atoms. The molecule has 3 rings (SSSR count). The highest BCUT2D eigenvalue weighted by Crippen LogP contribution is 2.29. The van der Waals surface area contributed by atoms with Crippen LogP contribution in [0.15, 0.2) is 53.7 Å². The highest BCUT2D eigenvalue weighted by atomic mass is 32.2. The van der Waals surface area contributed by atoms with Crippen LogP contribution in [0, 0.1) is 11.7 Å². The third kappa shape index (κ3) is 6.82. The second-order valence-corrected chi connectivity index (χ2v) is 10.4. The summed E-state index contributed by atoms with van der Waals surface area (Å²) in [7, 11) is 0. The molecule has 0 saturated heterocycles. The fourth-order valence-electron chi connectivity index (χ4n) is 3.40.